The van der Waals surface area contributed by atoms with Crippen molar-refractivity contribution in [1.82, 2.24) is 0 Å². The average molecular weight is 266 g/mol. The predicted octanol–water partition coefficient (Wildman–Crippen LogP) is 2.44. The average Bonchev–Trinajstić information content (AvgIpc) is 2.40. The molecule has 0 bridgehead atoms. The van der Waals surface area contributed by atoms with E-state index in [0.29, 0.717) is 11.4 Å². The summed E-state index contributed by atoms with van der Waals surface area (Å²) < 4.78 is 32.9. The summed E-state index contributed by atoms with van der Waals surface area (Å²) in [5, 5.41) is 8.39. The summed E-state index contributed by atoms with van der Waals surface area (Å²) in [7, 11) is 1.51. The van der Waals surface area contributed by atoms with Gasteiger partial charge in [0.05, 0.1) is 11.8 Å². The van der Waals surface area contributed by atoms with Crippen molar-refractivity contribution < 1.29 is 18.3 Å². The molecule has 1 aromatic carbocycles. The van der Waals surface area contributed by atoms with E-state index in [-0.39, 0.29) is 24.5 Å². The lowest BCUT2D eigenvalue weighted by Crippen LogP contribution is -2.35. The third kappa shape index (κ3) is 2.50. The van der Waals surface area contributed by atoms with Crippen molar-refractivity contribution in [1.29, 1.82) is 5.26 Å². The predicted molar refractivity (Wildman–Crippen MR) is 64.1 cm³/mol. The first kappa shape index (κ1) is 13.3. The summed E-state index contributed by atoms with van der Waals surface area (Å²) in [4.78, 5) is 12.8. The van der Waals surface area contributed by atoms with Gasteiger partial charge in [0, 0.05) is 25.5 Å². The van der Waals surface area contributed by atoms with E-state index in [1.54, 1.807) is 6.07 Å². The van der Waals surface area contributed by atoms with E-state index >= 15 is 0 Å². The Morgan fingerprint density at radius 2 is 2.26 bits per heavy atom. The Kier molecular flexibility index (Phi) is 3.38. The van der Waals surface area contributed by atoms with Gasteiger partial charge in [0.2, 0.25) is 0 Å². The fourth-order valence-corrected chi connectivity index (χ4v) is 1.86. The van der Waals surface area contributed by atoms with E-state index < -0.39 is 12.3 Å². The number of rotatable bonds is 3. The van der Waals surface area contributed by atoms with Crippen LogP contribution in [0.2, 0.25) is 0 Å². The first-order valence-electron chi connectivity index (χ1n) is 5.74. The van der Waals surface area contributed by atoms with Gasteiger partial charge in [0.1, 0.15) is 5.75 Å². The number of hydrogen-bond acceptors (Lipinski definition) is 3. The highest BCUT2D eigenvalue weighted by Crippen LogP contribution is 2.39. The SMILES string of the molecule is CN1C(=O)COc2ccc(C(F)(F)CCC#N)cc21. The number of ether oxygens (including phenoxy) is 1. The van der Waals surface area contributed by atoms with E-state index in [4.69, 9.17) is 10.00 Å². The van der Waals surface area contributed by atoms with Gasteiger partial charge in [-0.25, -0.2) is 8.78 Å². The normalized spacial score (nSPS) is 14.6. The van der Waals surface area contributed by atoms with E-state index in [1.807, 2.05) is 0 Å². The number of likely N-dealkylation sites (N-methyl/N-ethyl adjacent to an activating group) is 1. The van der Waals surface area contributed by atoms with Gasteiger partial charge >= 0.3 is 0 Å². The van der Waals surface area contributed by atoms with Gasteiger partial charge in [0.15, 0.2) is 6.61 Å². The van der Waals surface area contributed by atoms with E-state index in [2.05, 4.69) is 0 Å². The van der Waals surface area contributed by atoms with Gasteiger partial charge in [-0.05, 0) is 18.2 Å². The van der Waals surface area contributed by atoms with Crippen LogP contribution in [0.15, 0.2) is 18.2 Å². The van der Waals surface area contributed by atoms with Crippen LogP contribution in [0.3, 0.4) is 0 Å². The van der Waals surface area contributed by atoms with E-state index in [9.17, 15) is 13.6 Å². The van der Waals surface area contributed by atoms with Gasteiger partial charge in [-0.1, -0.05) is 0 Å². The molecule has 0 N–H and O–H groups in total. The molecule has 0 unspecified atom stereocenters. The minimum absolute atomic E-state index is 0.0896. The van der Waals surface area contributed by atoms with Crippen molar-refractivity contribution in [3.05, 3.63) is 23.8 Å². The summed E-state index contributed by atoms with van der Waals surface area (Å²) in [6, 6.07) is 5.63. The molecule has 0 saturated carbocycles. The number of carbonyl (C=O) groups excluding carboxylic acids is 1. The van der Waals surface area contributed by atoms with Crippen molar-refractivity contribution in [2.45, 2.75) is 18.8 Å². The first-order valence-corrected chi connectivity index (χ1v) is 5.74. The van der Waals surface area contributed by atoms with Crippen molar-refractivity contribution >= 4 is 11.6 Å². The van der Waals surface area contributed by atoms with Crippen LogP contribution in [0.1, 0.15) is 18.4 Å². The highest BCUT2D eigenvalue weighted by Gasteiger charge is 2.33. The fourth-order valence-electron chi connectivity index (χ4n) is 1.86. The zero-order valence-corrected chi connectivity index (χ0v) is 10.3. The molecule has 1 amide bonds. The maximum atomic E-state index is 13.8. The van der Waals surface area contributed by atoms with Crippen molar-refractivity contribution in [2.75, 3.05) is 18.6 Å². The van der Waals surface area contributed by atoms with Crippen LogP contribution in [0.4, 0.5) is 14.5 Å². The van der Waals surface area contributed by atoms with Gasteiger partial charge in [-0.2, -0.15) is 5.26 Å². The maximum absolute atomic E-state index is 13.8. The summed E-state index contributed by atoms with van der Waals surface area (Å²) in [6.07, 6.45) is -0.768. The van der Waals surface area contributed by atoms with Gasteiger partial charge in [-0.3, -0.25) is 4.79 Å². The zero-order valence-electron chi connectivity index (χ0n) is 10.3. The molecule has 19 heavy (non-hydrogen) atoms. The zero-order chi connectivity index (χ0) is 14.0. The van der Waals surface area contributed by atoms with Crippen LogP contribution in [-0.2, 0) is 10.7 Å². The fraction of sp³-hybridized carbons (Fsp3) is 0.385. The van der Waals surface area contributed by atoms with Gasteiger partial charge in [0.25, 0.3) is 11.8 Å². The standard InChI is InChI=1S/C13H12F2N2O2/c1-17-10-7-9(13(14,15)5-2-6-16)3-4-11(10)19-8-12(17)18/h3-4,7H,2,5,8H2,1H3. The molecule has 1 aliphatic rings. The van der Waals surface area contributed by atoms with Crippen LogP contribution < -0.4 is 9.64 Å². The largest absolute Gasteiger partial charge is 0.482 e. The number of carbonyl (C=O) groups is 1. The lowest BCUT2D eigenvalue weighted by molar-refractivity contribution is -0.121. The number of hydrogen-bond donors (Lipinski definition) is 0. The minimum Gasteiger partial charge on any atom is -0.482 e. The molecule has 0 aliphatic carbocycles. The molecule has 4 nitrogen and oxygen atoms in total. The quantitative estimate of drug-likeness (QED) is 0.844. The minimum atomic E-state index is -3.09. The Bertz CT molecular complexity index is 552. The van der Waals surface area contributed by atoms with Crippen molar-refractivity contribution in [3.63, 3.8) is 0 Å². The summed E-state index contributed by atoms with van der Waals surface area (Å²) >= 11 is 0. The number of halogens is 2. The topological polar surface area (TPSA) is 53.3 Å². The molecule has 0 fully saturated rings. The lowest BCUT2D eigenvalue weighted by atomic mass is 10.0. The molecule has 6 heteroatoms. The van der Waals surface area contributed by atoms with Crippen molar-refractivity contribution in [3.8, 4) is 11.8 Å². The van der Waals surface area contributed by atoms with Crippen LogP contribution >= 0.6 is 0 Å². The van der Waals surface area contributed by atoms with Gasteiger partial charge < -0.3 is 9.64 Å². The van der Waals surface area contributed by atoms with Crippen LogP contribution in [0.5, 0.6) is 5.75 Å². The highest BCUT2D eigenvalue weighted by atomic mass is 19.3. The smallest absolute Gasteiger partial charge is 0.274 e. The molecule has 0 aromatic heterocycles. The molecular weight excluding hydrogens is 254 g/mol. The number of nitrogens with zero attached hydrogens (tertiary/aromatic N) is 2. The molecule has 100 valence electrons. The van der Waals surface area contributed by atoms with Crippen LogP contribution in [0.25, 0.3) is 0 Å². The summed E-state index contributed by atoms with van der Waals surface area (Å²) in [5.41, 5.74) is 0.108. The van der Waals surface area contributed by atoms with E-state index in [0.717, 1.165) is 0 Å². The van der Waals surface area contributed by atoms with E-state index in [1.165, 1.54) is 30.1 Å². The Labute approximate surface area is 109 Å². The number of benzene rings is 1. The number of fused-ring (bicyclic) bond motifs is 1. The first-order chi connectivity index (χ1) is 8.95. The molecule has 1 heterocycles. The Balaban J connectivity index is 2.35. The Morgan fingerprint density at radius 1 is 1.53 bits per heavy atom. The number of amides is 1. The number of nitriles is 1. The van der Waals surface area contributed by atoms with Crippen LogP contribution in [-0.4, -0.2) is 19.6 Å². The highest BCUT2D eigenvalue weighted by molar-refractivity contribution is 5.97. The molecule has 1 aliphatic heterocycles. The molecule has 0 atom stereocenters. The molecular formula is C13H12F2N2O2. The number of anilines is 1. The molecule has 0 spiro atoms. The monoisotopic (exact) mass is 266 g/mol. The molecule has 0 saturated heterocycles. The second kappa shape index (κ2) is 4.84. The summed E-state index contributed by atoms with van der Waals surface area (Å²) in [6.45, 7) is -0.0896. The summed E-state index contributed by atoms with van der Waals surface area (Å²) in [5.74, 6) is -2.97. The Hall–Kier alpha value is -2.16. The molecule has 2 rings (SSSR count). The number of alkyl halides is 2. The third-order valence-electron chi connectivity index (χ3n) is 3.02. The Morgan fingerprint density at radius 3 is 2.95 bits per heavy atom. The second-order valence-corrected chi connectivity index (χ2v) is 4.29. The lowest BCUT2D eigenvalue weighted by Gasteiger charge is -2.27. The maximum Gasteiger partial charge on any atom is 0.274 e. The van der Waals surface area contributed by atoms with Crippen LogP contribution in [0, 0.1) is 11.3 Å². The molecule has 0 radical (unpaired) electrons. The molecule has 1 aromatic rings. The van der Waals surface area contributed by atoms with Gasteiger partial charge in [-0.15, -0.1) is 0 Å². The third-order valence-corrected chi connectivity index (χ3v) is 3.02. The second-order valence-electron chi connectivity index (χ2n) is 4.29. The van der Waals surface area contributed by atoms with Crippen molar-refractivity contribution in [2.24, 2.45) is 0 Å².